The SMILES string of the molecule is COCCCNC(=O)c1cc(C(=O)Nc2cc(Cl)ccc2Cl)ccn1. The molecule has 8 heteroatoms. The van der Waals surface area contributed by atoms with E-state index in [1.165, 1.54) is 18.3 Å². The Morgan fingerprint density at radius 2 is 1.96 bits per heavy atom. The van der Waals surface area contributed by atoms with Gasteiger partial charge in [0.1, 0.15) is 5.69 Å². The van der Waals surface area contributed by atoms with Crippen molar-refractivity contribution in [2.75, 3.05) is 25.6 Å². The van der Waals surface area contributed by atoms with Gasteiger partial charge in [-0.3, -0.25) is 14.6 Å². The van der Waals surface area contributed by atoms with Crippen LogP contribution in [-0.2, 0) is 4.74 Å². The first-order valence-corrected chi connectivity index (χ1v) is 8.26. The maximum absolute atomic E-state index is 12.4. The van der Waals surface area contributed by atoms with E-state index in [4.69, 9.17) is 27.9 Å². The van der Waals surface area contributed by atoms with Gasteiger partial charge in [-0.1, -0.05) is 23.2 Å². The van der Waals surface area contributed by atoms with Gasteiger partial charge in [0.05, 0.1) is 10.7 Å². The van der Waals surface area contributed by atoms with Gasteiger partial charge in [0, 0.05) is 37.0 Å². The number of hydrogen-bond donors (Lipinski definition) is 2. The third-order valence-corrected chi connectivity index (χ3v) is 3.81. The average Bonchev–Trinajstić information content (AvgIpc) is 2.61. The Morgan fingerprint density at radius 3 is 2.72 bits per heavy atom. The molecule has 132 valence electrons. The highest BCUT2D eigenvalue weighted by Crippen LogP contribution is 2.25. The molecule has 0 aliphatic carbocycles. The maximum atomic E-state index is 12.4. The van der Waals surface area contributed by atoms with Crippen molar-refractivity contribution in [3.05, 3.63) is 57.8 Å². The minimum absolute atomic E-state index is 0.155. The lowest BCUT2D eigenvalue weighted by Gasteiger charge is -2.09. The smallest absolute Gasteiger partial charge is 0.269 e. The van der Waals surface area contributed by atoms with Crippen LogP contribution in [0.25, 0.3) is 0 Å². The van der Waals surface area contributed by atoms with Gasteiger partial charge in [-0.05, 0) is 36.8 Å². The Hall–Kier alpha value is -2.15. The van der Waals surface area contributed by atoms with Gasteiger partial charge < -0.3 is 15.4 Å². The lowest BCUT2D eigenvalue weighted by atomic mass is 10.2. The molecule has 0 saturated heterocycles. The molecular weight excluding hydrogens is 365 g/mol. The Morgan fingerprint density at radius 1 is 1.16 bits per heavy atom. The van der Waals surface area contributed by atoms with E-state index in [0.717, 1.165) is 0 Å². The van der Waals surface area contributed by atoms with E-state index >= 15 is 0 Å². The summed E-state index contributed by atoms with van der Waals surface area (Å²) in [5.41, 5.74) is 0.830. The fraction of sp³-hybridized carbons (Fsp3) is 0.235. The maximum Gasteiger partial charge on any atom is 0.269 e. The minimum atomic E-state index is -0.417. The van der Waals surface area contributed by atoms with Gasteiger partial charge in [-0.25, -0.2) is 0 Å². The standard InChI is InChI=1S/C17H17Cl2N3O3/c1-25-8-2-6-21-17(24)15-9-11(5-7-20-15)16(23)22-14-10-12(18)3-4-13(14)19/h3-5,7,9-10H,2,6,8H2,1H3,(H,21,24)(H,22,23). The van der Waals surface area contributed by atoms with Crippen LogP contribution in [0.3, 0.4) is 0 Å². The molecule has 1 aromatic heterocycles. The number of methoxy groups -OCH3 is 1. The third kappa shape index (κ3) is 5.70. The molecule has 6 nitrogen and oxygen atoms in total. The van der Waals surface area contributed by atoms with Crippen LogP contribution < -0.4 is 10.6 Å². The summed E-state index contributed by atoms with van der Waals surface area (Å²) in [6, 6.07) is 7.68. The molecule has 0 bridgehead atoms. The summed E-state index contributed by atoms with van der Waals surface area (Å²) in [4.78, 5) is 28.4. The minimum Gasteiger partial charge on any atom is -0.385 e. The zero-order chi connectivity index (χ0) is 18.2. The van der Waals surface area contributed by atoms with E-state index in [1.54, 1.807) is 25.3 Å². The van der Waals surface area contributed by atoms with Crippen LogP contribution >= 0.6 is 23.2 Å². The number of amides is 2. The van der Waals surface area contributed by atoms with Crippen molar-refractivity contribution in [3.63, 3.8) is 0 Å². The van der Waals surface area contributed by atoms with Crippen LogP contribution in [0.15, 0.2) is 36.5 Å². The van der Waals surface area contributed by atoms with Crippen LogP contribution in [-0.4, -0.2) is 37.1 Å². The number of rotatable bonds is 7. The molecule has 0 unspecified atom stereocenters. The molecule has 2 N–H and O–H groups in total. The van der Waals surface area contributed by atoms with Crippen LogP contribution in [0.4, 0.5) is 5.69 Å². The predicted molar refractivity (Wildman–Crippen MR) is 97.5 cm³/mol. The van der Waals surface area contributed by atoms with Gasteiger partial charge in [-0.2, -0.15) is 0 Å². The number of nitrogens with zero attached hydrogens (tertiary/aromatic N) is 1. The molecule has 2 rings (SSSR count). The second-order valence-electron chi connectivity index (χ2n) is 5.11. The fourth-order valence-electron chi connectivity index (χ4n) is 1.99. The lowest BCUT2D eigenvalue weighted by Crippen LogP contribution is -2.26. The number of nitrogens with one attached hydrogen (secondary N) is 2. The Labute approximate surface area is 155 Å². The van der Waals surface area contributed by atoms with Crippen molar-refractivity contribution in [3.8, 4) is 0 Å². The summed E-state index contributed by atoms with van der Waals surface area (Å²) >= 11 is 11.9. The number of halogens is 2. The molecule has 25 heavy (non-hydrogen) atoms. The summed E-state index contributed by atoms with van der Waals surface area (Å²) in [6.45, 7) is 1.01. The molecule has 0 atom stereocenters. The highest BCUT2D eigenvalue weighted by atomic mass is 35.5. The number of hydrogen-bond acceptors (Lipinski definition) is 4. The number of carbonyl (C=O) groups is 2. The third-order valence-electron chi connectivity index (χ3n) is 3.24. The average molecular weight is 382 g/mol. The van der Waals surface area contributed by atoms with Crippen molar-refractivity contribution >= 4 is 40.7 Å². The zero-order valence-electron chi connectivity index (χ0n) is 13.5. The number of anilines is 1. The first kappa shape index (κ1) is 19.2. The molecule has 0 aliphatic heterocycles. The number of benzene rings is 1. The molecule has 0 radical (unpaired) electrons. The van der Waals surface area contributed by atoms with Crippen LogP contribution in [0.2, 0.25) is 10.0 Å². The summed E-state index contributed by atoms with van der Waals surface area (Å²) in [5, 5.41) is 6.19. The summed E-state index contributed by atoms with van der Waals surface area (Å²) in [7, 11) is 1.59. The van der Waals surface area contributed by atoms with Crippen molar-refractivity contribution < 1.29 is 14.3 Å². The van der Waals surface area contributed by atoms with Crippen LogP contribution in [0.5, 0.6) is 0 Å². The molecular formula is C17H17Cl2N3O3. The highest BCUT2D eigenvalue weighted by molar-refractivity contribution is 6.35. The lowest BCUT2D eigenvalue weighted by molar-refractivity contribution is 0.0943. The number of pyridine rings is 1. The highest BCUT2D eigenvalue weighted by Gasteiger charge is 2.13. The second-order valence-corrected chi connectivity index (χ2v) is 5.95. The first-order chi connectivity index (χ1) is 12.0. The first-order valence-electron chi connectivity index (χ1n) is 7.51. The fourth-order valence-corrected chi connectivity index (χ4v) is 2.33. The van der Waals surface area contributed by atoms with Gasteiger partial charge in [-0.15, -0.1) is 0 Å². The van der Waals surface area contributed by atoms with Crippen LogP contribution in [0.1, 0.15) is 27.3 Å². The normalized spacial score (nSPS) is 10.4. The number of carbonyl (C=O) groups excluding carboxylic acids is 2. The monoisotopic (exact) mass is 381 g/mol. The Balaban J connectivity index is 2.05. The van der Waals surface area contributed by atoms with E-state index in [-0.39, 0.29) is 17.2 Å². The summed E-state index contributed by atoms with van der Waals surface area (Å²) in [5.74, 6) is -0.772. The molecule has 0 aliphatic rings. The number of ether oxygens (including phenoxy) is 1. The van der Waals surface area contributed by atoms with E-state index in [2.05, 4.69) is 15.6 Å². The van der Waals surface area contributed by atoms with Crippen molar-refractivity contribution in [2.45, 2.75) is 6.42 Å². The van der Waals surface area contributed by atoms with Gasteiger partial charge in [0.25, 0.3) is 11.8 Å². The van der Waals surface area contributed by atoms with Gasteiger partial charge in [0.2, 0.25) is 0 Å². The molecule has 0 spiro atoms. The largest absolute Gasteiger partial charge is 0.385 e. The topological polar surface area (TPSA) is 80.3 Å². The Kier molecular flexibility index (Phi) is 7.18. The summed E-state index contributed by atoms with van der Waals surface area (Å²) < 4.78 is 4.91. The van der Waals surface area contributed by atoms with Gasteiger partial charge >= 0.3 is 0 Å². The molecule has 1 heterocycles. The summed E-state index contributed by atoms with van der Waals surface area (Å²) in [6.07, 6.45) is 2.09. The molecule has 0 saturated carbocycles. The number of aromatic nitrogens is 1. The van der Waals surface area contributed by atoms with Crippen molar-refractivity contribution in [2.24, 2.45) is 0 Å². The predicted octanol–water partition coefficient (Wildman–Crippen LogP) is 3.41. The van der Waals surface area contributed by atoms with Crippen LogP contribution in [0, 0.1) is 0 Å². The van der Waals surface area contributed by atoms with E-state index < -0.39 is 5.91 Å². The zero-order valence-corrected chi connectivity index (χ0v) is 15.0. The van der Waals surface area contributed by atoms with E-state index in [0.29, 0.717) is 35.3 Å². The molecule has 2 amide bonds. The molecule has 2 aromatic rings. The molecule has 0 fully saturated rings. The Bertz CT molecular complexity index is 769. The van der Waals surface area contributed by atoms with Gasteiger partial charge in [0.15, 0.2) is 0 Å². The second kappa shape index (κ2) is 9.36. The molecule has 1 aromatic carbocycles. The van der Waals surface area contributed by atoms with Crippen molar-refractivity contribution in [1.82, 2.24) is 10.3 Å². The van der Waals surface area contributed by atoms with Crippen molar-refractivity contribution in [1.29, 1.82) is 0 Å². The van der Waals surface area contributed by atoms with E-state index in [1.807, 2.05) is 0 Å². The quantitative estimate of drug-likeness (QED) is 0.720. The van der Waals surface area contributed by atoms with E-state index in [9.17, 15) is 9.59 Å².